The van der Waals surface area contributed by atoms with Crippen molar-refractivity contribution in [2.45, 2.75) is 13.3 Å². The van der Waals surface area contributed by atoms with Crippen molar-refractivity contribution in [2.75, 3.05) is 0 Å². The second-order valence-electron chi connectivity index (χ2n) is 3.42. The van der Waals surface area contributed by atoms with Crippen LogP contribution in [0.2, 0.25) is 0 Å². The van der Waals surface area contributed by atoms with E-state index in [1.807, 2.05) is 31.2 Å². The van der Waals surface area contributed by atoms with Crippen LogP contribution in [0.3, 0.4) is 0 Å². The van der Waals surface area contributed by atoms with Crippen LogP contribution in [0.25, 0.3) is 10.9 Å². The van der Waals surface area contributed by atoms with Gasteiger partial charge in [-0.05, 0) is 31.0 Å². The summed E-state index contributed by atoms with van der Waals surface area (Å²) >= 11 is 0. The average molecular weight is 183 g/mol. The Hall–Kier alpha value is -1.63. The lowest BCUT2D eigenvalue weighted by Gasteiger charge is -2.04. The summed E-state index contributed by atoms with van der Waals surface area (Å²) in [6.07, 6.45) is 2.81. The average Bonchev–Trinajstić information content (AvgIpc) is 2.19. The number of hydrogen-bond donors (Lipinski definition) is 0. The number of aromatic nitrogens is 1. The Labute approximate surface area is 84.1 Å². The zero-order valence-corrected chi connectivity index (χ0v) is 8.33. The van der Waals surface area contributed by atoms with E-state index in [-0.39, 0.29) is 0 Å². The summed E-state index contributed by atoms with van der Waals surface area (Å²) in [5, 5.41) is 1.20. The molecule has 1 heteroatoms. The van der Waals surface area contributed by atoms with Crippen LogP contribution in [0.4, 0.5) is 0 Å². The molecule has 0 bridgehead atoms. The van der Waals surface area contributed by atoms with Gasteiger partial charge in [0, 0.05) is 11.1 Å². The highest BCUT2D eigenvalue weighted by Crippen LogP contribution is 2.16. The number of fused-ring (bicyclic) bond motifs is 1. The molecule has 0 saturated heterocycles. The highest BCUT2D eigenvalue weighted by atomic mass is 14.7. The molecule has 0 spiro atoms. The van der Waals surface area contributed by atoms with Crippen LogP contribution in [-0.4, -0.2) is 4.98 Å². The van der Waals surface area contributed by atoms with E-state index in [1.54, 1.807) is 0 Å². The van der Waals surface area contributed by atoms with E-state index in [2.05, 4.69) is 23.7 Å². The van der Waals surface area contributed by atoms with Gasteiger partial charge in [-0.25, -0.2) is 0 Å². The Morgan fingerprint density at radius 1 is 1.36 bits per heavy atom. The first-order valence-electron chi connectivity index (χ1n) is 4.77. The van der Waals surface area contributed by atoms with Crippen LogP contribution >= 0.6 is 0 Å². The maximum absolute atomic E-state index is 4.55. The summed E-state index contributed by atoms with van der Waals surface area (Å²) in [6.45, 7) is 5.80. The SMILES string of the molecule is C=CCc1cc2ccccc2nc1C. The number of aryl methyl sites for hydroxylation is 1. The first-order valence-corrected chi connectivity index (χ1v) is 4.77. The molecular weight excluding hydrogens is 170 g/mol. The lowest BCUT2D eigenvalue weighted by Crippen LogP contribution is -1.91. The molecule has 0 aliphatic rings. The van der Waals surface area contributed by atoms with Crippen LogP contribution in [0.15, 0.2) is 43.0 Å². The van der Waals surface area contributed by atoms with Gasteiger partial charge in [-0.3, -0.25) is 4.98 Å². The molecular formula is C13H13N. The summed E-state index contributed by atoms with van der Waals surface area (Å²) in [5.41, 5.74) is 3.43. The second kappa shape index (κ2) is 3.62. The fourth-order valence-electron chi connectivity index (χ4n) is 1.62. The molecule has 0 aliphatic heterocycles. The number of allylic oxidation sites excluding steroid dienone is 1. The minimum atomic E-state index is 0.893. The topological polar surface area (TPSA) is 12.9 Å². The van der Waals surface area contributed by atoms with Gasteiger partial charge in [0.25, 0.3) is 0 Å². The Bertz CT molecular complexity index is 472. The molecule has 0 radical (unpaired) electrons. The van der Waals surface area contributed by atoms with Crippen LogP contribution in [0.5, 0.6) is 0 Å². The summed E-state index contributed by atoms with van der Waals surface area (Å²) in [7, 11) is 0. The first kappa shape index (κ1) is 8.95. The minimum absolute atomic E-state index is 0.893. The van der Waals surface area contributed by atoms with Crippen molar-refractivity contribution in [3.63, 3.8) is 0 Å². The molecule has 0 saturated carbocycles. The third-order valence-corrected chi connectivity index (χ3v) is 2.38. The normalized spacial score (nSPS) is 10.4. The van der Waals surface area contributed by atoms with Crippen LogP contribution in [0, 0.1) is 6.92 Å². The Morgan fingerprint density at radius 2 is 2.14 bits per heavy atom. The number of nitrogens with zero attached hydrogens (tertiary/aromatic N) is 1. The number of pyridine rings is 1. The van der Waals surface area contributed by atoms with Crippen molar-refractivity contribution in [3.05, 3.63) is 54.2 Å². The van der Waals surface area contributed by atoms with Gasteiger partial charge in [0.1, 0.15) is 0 Å². The third-order valence-electron chi connectivity index (χ3n) is 2.38. The lowest BCUT2D eigenvalue weighted by molar-refractivity contribution is 1.14. The summed E-state index contributed by atoms with van der Waals surface area (Å²) in [4.78, 5) is 4.55. The third kappa shape index (κ3) is 1.53. The molecule has 70 valence electrons. The molecule has 0 aliphatic carbocycles. The van der Waals surface area contributed by atoms with Crippen LogP contribution < -0.4 is 0 Å². The van der Waals surface area contributed by atoms with Gasteiger partial charge in [0.2, 0.25) is 0 Å². The monoisotopic (exact) mass is 183 g/mol. The number of benzene rings is 1. The quantitative estimate of drug-likeness (QED) is 0.651. The van der Waals surface area contributed by atoms with Crippen molar-refractivity contribution in [3.8, 4) is 0 Å². The Balaban J connectivity index is 2.64. The number of rotatable bonds is 2. The Kier molecular flexibility index (Phi) is 2.32. The van der Waals surface area contributed by atoms with Crippen molar-refractivity contribution in [1.82, 2.24) is 4.98 Å². The minimum Gasteiger partial charge on any atom is -0.253 e. The van der Waals surface area contributed by atoms with E-state index in [1.165, 1.54) is 10.9 Å². The van der Waals surface area contributed by atoms with Gasteiger partial charge < -0.3 is 0 Å². The van der Waals surface area contributed by atoms with Gasteiger partial charge in [-0.2, -0.15) is 0 Å². The molecule has 0 amide bonds. The van der Waals surface area contributed by atoms with E-state index in [4.69, 9.17) is 0 Å². The molecule has 2 rings (SSSR count). The fourth-order valence-corrected chi connectivity index (χ4v) is 1.62. The van der Waals surface area contributed by atoms with Crippen molar-refractivity contribution in [1.29, 1.82) is 0 Å². The van der Waals surface area contributed by atoms with Gasteiger partial charge in [0.15, 0.2) is 0 Å². The molecule has 1 nitrogen and oxygen atoms in total. The molecule has 1 aromatic heterocycles. The van der Waals surface area contributed by atoms with Crippen LogP contribution in [0.1, 0.15) is 11.3 Å². The predicted molar refractivity (Wildman–Crippen MR) is 60.4 cm³/mol. The maximum atomic E-state index is 4.55. The lowest BCUT2D eigenvalue weighted by atomic mass is 10.1. The highest BCUT2D eigenvalue weighted by molar-refractivity contribution is 5.79. The van der Waals surface area contributed by atoms with Gasteiger partial charge in [-0.15, -0.1) is 6.58 Å². The van der Waals surface area contributed by atoms with Crippen molar-refractivity contribution in [2.24, 2.45) is 0 Å². The summed E-state index contributed by atoms with van der Waals surface area (Å²) in [5.74, 6) is 0. The van der Waals surface area contributed by atoms with E-state index in [9.17, 15) is 0 Å². The zero-order valence-electron chi connectivity index (χ0n) is 8.33. The predicted octanol–water partition coefficient (Wildman–Crippen LogP) is 3.27. The molecule has 14 heavy (non-hydrogen) atoms. The fraction of sp³-hybridized carbons (Fsp3) is 0.154. The standard InChI is InChI=1S/C13H13N/c1-3-6-11-9-12-7-4-5-8-13(12)14-10(11)2/h3-5,7-9H,1,6H2,2H3. The van der Waals surface area contributed by atoms with E-state index >= 15 is 0 Å². The van der Waals surface area contributed by atoms with Crippen LogP contribution in [-0.2, 0) is 6.42 Å². The van der Waals surface area contributed by atoms with E-state index in [0.717, 1.165) is 17.6 Å². The number of para-hydroxylation sites is 1. The highest BCUT2D eigenvalue weighted by Gasteiger charge is 2.00. The van der Waals surface area contributed by atoms with E-state index < -0.39 is 0 Å². The molecule has 2 aromatic rings. The van der Waals surface area contributed by atoms with Crippen molar-refractivity contribution >= 4 is 10.9 Å². The summed E-state index contributed by atoms with van der Waals surface area (Å²) < 4.78 is 0. The maximum Gasteiger partial charge on any atom is 0.0705 e. The Morgan fingerprint density at radius 3 is 2.93 bits per heavy atom. The van der Waals surface area contributed by atoms with E-state index in [0.29, 0.717) is 0 Å². The second-order valence-corrected chi connectivity index (χ2v) is 3.42. The van der Waals surface area contributed by atoms with Gasteiger partial charge >= 0.3 is 0 Å². The van der Waals surface area contributed by atoms with Gasteiger partial charge in [0.05, 0.1) is 5.52 Å². The molecule has 0 atom stereocenters. The van der Waals surface area contributed by atoms with Crippen molar-refractivity contribution < 1.29 is 0 Å². The molecule has 0 N–H and O–H groups in total. The smallest absolute Gasteiger partial charge is 0.0705 e. The van der Waals surface area contributed by atoms with Gasteiger partial charge in [-0.1, -0.05) is 24.3 Å². The summed E-state index contributed by atoms with van der Waals surface area (Å²) in [6, 6.07) is 10.4. The first-order chi connectivity index (χ1) is 6.81. The number of hydrogen-bond acceptors (Lipinski definition) is 1. The zero-order chi connectivity index (χ0) is 9.97. The molecule has 0 unspecified atom stereocenters. The molecule has 0 fully saturated rings. The largest absolute Gasteiger partial charge is 0.253 e. The molecule has 1 heterocycles. The molecule has 1 aromatic carbocycles.